The summed E-state index contributed by atoms with van der Waals surface area (Å²) in [6.45, 7) is 2.52. The average Bonchev–Trinajstić information content (AvgIpc) is 2.70. The molecule has 1 N–H and O–H groups in total. The van der Waals surface area contributed by atoms with E-state index in [-0.39, 0.29) is 6.61 Å². The third-order valence-corrected chi connectivity index (χ3v) is 2.91. The van der Waals surface area contributed by atoms with Crippen LogP contribution in [0.5, 0.6) is 0 Å². The molecular formula is C14H18N2O2. The largest absolute Gasteiger partial charge is 0.396 e. The molecule has 0 saturated carbocycles. The van der Waals surface area contributed by atoms with Crippen LogP contribution in [0.25, 0.3) is 11.4 Å². The maximum atomic E-state index is 9.13. The molecule has 0 bridgehead atoms. The zero-order chi connectivity index (χ0) is 13.0. The third kappa shape index (κ3) is 2.44. The van der Waals surface area contributed by atoms with E-state index in [0.717, 1.165) is 22.8 Å². The predicted octanol–water partition coefficient (Wildman–Crippen LogP) is 2.00. The minimum absolute atomic E-state index is 0.116. The highest BCUT2D eigenvalue weighted by atomic mass is 16.5. The van der Waals surface area contributed by atoms with E-state index in [2.05, 4.69) is 4.98 Å². The van der Waals surface area contributed by atoms with Crippen LogP contribution in [0.2, 0.25) is 0 Å². The molecule has 0 aliphatic carbocycles. The number of hydrogen-bond acceptors (Lipinski definition) is 3. The summed E-state index contributed by atoms with van der Waals surface area (Å²) in [6, 6.07) is 10.0. The highest BCUT2D eigenvalue weighted by Crippen LogP contribution is 2.22. The number of aliphatic hydroxyl groups is 1. The summed E-state index contributed by atoms with van der Waals surface area (Å²) < 4.78 is 7.25. The van der Waals surface area contributed by atoms with Crippen molar-refractivity contribution in [3.63, 3.8) is 0 Å². The van der Waals surface area contributed by atoms with E-state index in [9.17, 15) is 0 Å². The Labute approximate surface area is 107 Å². The SMILES string of the molecule is COCn1c(-c2ccccc2)nc(C)c1CCO. The van der Waals surface area contributed by atoms with Crippen molar-refractivity contribution in [3.05, 3.63) is 41.7 Å². The molecule has 0 atom stereocenters. The van der Waals surface area contributed by atoms with Gasteiger partial charge in [-0.05, 0) is 6.92 Å². The van der Waals surface area contributed by atoms with Gasteiger partial charge < -0.3 is 14.4 Å². The molecule has 0 aliphatic rings. The topological polar surface area (TPSA) is 47.3 Å². The molecule has 2 rings (SSSR count). The summed E-state index contributed by atoms with van der Waals surface area (Å²) >= 11 is 0. The Morgan fingerprint density at radius 3 is 2.61 bits per heavy atom. The molecule has 0 unspecified atom stereocenters. The van der Waals surface area contributed by atoms with Crippen LogP contribution >= 0.6 is 0 Å². The first-order valence-corrected chi connectivity index (χ1v) is 5.99. The van der Waals surface area contributed by atoms with Gasteiger partial charge in [0.2, 0.25) is 0 Å². The minimum atomic E-state index is 0.116. The van der Waals surface area contributed by atoms with E-state index in [4.69, 9.17) is 9.84 Å². The molecule has 1 heterocycles. The molecule has 4 nitrogen and oxygen atoms in total. The highest BCUT2D eigenvalue weighted by Gasteiger charge is 2.14. The van der Waals surface area contributed by atoms with Crippen LogP contribution in [0, 0.1) is 6.92 Å². The summed E-state index contributed by atoms with van der Waals surface area (Å²) in [5.74, 6) is 0.887. The standard InChI is InChI=1S/C14H18N2O2/c1-11-13(8-9-17)16(10-18-2)14(15-11)12-6-4-3-5-7-12/h3-7,17H,8-10H2,1-2H3. The molecule has 1 aromatic carbocycles. The van der Waals surface area contributed by atoms with Gasteiger partial charge in [0, 0.05) is 31.4 Å². The second-order valence-electron chi connectivity index (χ2n) is 4.15. The first-order chi connectivity index (χ1) is 8.77. The first kappa shape index (κ1) is 12.8. The number of aromatic nitrogens is 2. The van der Waals surface area contributed by atoms with E-state index in [1.54, 1.807) is 7.11 Å². The van der Waals surface area contributed by atoms with Crippen molar-refractivity contribution in [3.8, 4) is 11.4 Å². The van der Waals surface area contributed by atoms with Crippen LogP contribution in [-0.4, -0.2) is 28.4 Å². The fourth-order valence-electron chi connectivity index (χ4n) is 2.10. The number of aliphatic hydroxyl groups excluding tert-OH is 1. The van der Waals surface area contributed by atoms with Crippen LogP contribution in [0.4, 0.5) is 0 Å². The maximum Gasteiger partial charge on any atom is 0.142 e. The van der Waals surface area contributed by atoms with Gasteiger partial charge in [-0.2, -0.15) is 0 Å². The lowest BCUT2D eigenvalue weighted by Crippen LogP contribution is -2.08. The lowest BCUT2D eigenvalue weighted by molar-refractivity contribution is 0.129. The second kappa shape index (κ2) is 5.80. The molecule has 96 valence electrons. The fourth-order valence-corrected chi connectivity index (χ4v) is 2.10. The van der Waals surface area contributed by atoms with Gasteiger partial charge in [0.05, 0.1) is 5.69 Å². The summed E-state index contributed by atoms with van der Waals surface area (Å²) in [4.78, 5) is 4.59. The quantitative estimate of drug-likeness (QED) is 0.877. The van der Waals surface area contributed by atoms with Gasteiger partial charge in [0.15, 0.2) is 0 Å². The van der Waals surface area contributed by atoms with Gasteiger partial charge in [0.25, 0.3) is 0 Å². The Hall–Kier alpha value is -1.65. The fraction of sp³-hybridized carbons (Fsp3) is 0.357. The van der Waals surface area contributed by atoms with Gasteiger partial charge in [0.1, 0.15) is 12.6 Å². The smallest absolute Gasteiger partial charge is 0.142 e. The lowest BCUT2D eigenvalue weighted by Gasteiger charge is -2.10. The Bertz CT molecular complexity index is 506. The Balaban J connectivity index is 2.50. The van der Waals surface area contributed by atoms with E-state index >= 15 is 0 Å². The first-order valence-electron chi connectivity index (χ1n) is 5.99. The molecule has 18 heavy (non-hydrogen) atoms. The Morgan fingerprint density at radius 1 is 1.28 bits per heavy atom. The number of ether oxygens (including phenoxy) is 1. The van der Waals surface area contributed by atoms with E-state index in [1.807, 2.05) is 41.8 Å². The van der Waals surface area contributed by atoms with Crippen molar-refractivity contribution in [1.82, 2.24) is 9.55 Å². The van der Waals surface area contributed by atoms with Crippen molar-refractivity contribution in [2.75, 3.05) is 13.7 Å². The molecular weight excluding hydrogens is 228 g/mol. The number of hydrogen-bond donors (Lipinski definition) is 1. The average molecular weight is 246 g/mol. The predicted molar refractivity (Wildman–Crippen MR) is 70.2 cm³/mol. The van der Waals surface area contributed by atoms with Gasteiger partial charge in [-0.1, -0.05) is 30.3 Å². The molecule has 0 radical (unpaired) electrons. The second-order valence-corrected chi connectivity index (χ2v) is 4.15. The zero-order valence-electron chi connectivity index (χ0n) is 10.8. The van der Waals surface area contributed by atoms with Crippen LogP contribution in [0.3, 0.4) is 0 Å². The van der Waals surface area contributed by atoms with Crippen LogP contribution in [-0.2, 0) is 17.9 Å². The summed E-state index contributed by atoms with van der Waals surface area (Å²) in [5.41, 5.74) is 3.03. The number of methoxy groups -OCH3 is 1. The molecule has 0 amide bonds. The molecule has 0 fully saturated rings. The number of nitrogens with zero attached hydrogens (tertiary/aromatic N) is 2. The number of benzene rings is 1. The van der Waals surface area contributed by atoms with Crippen molar-refractivity contribution in [2.24, 2.45) is 0 Å². The van der Waals surface area contributed by atoms with E-state index < -0.39 is 0 Å². The normalized spacial score (nSPS) is 10.8. The van der Waals surface area contributed by atoms with Gasteiger partial charge >= 0.3 is 0 Å². The van der Waals surface area contributed by atoms with Crippen molar-refractivity contribution >= 4 is 0 Å². The minimum Gasteiger partial charge on any atom is -0.396 e. The molecule has 0 spiro atoms. The molecule has 2 aromatic rings. The zero-order valence-corrected chi connectivity index (χ0v) is 10.8. The Morgan fingerprint density at radius 2 is 2.00 bits per heavy atom. The lowest BCUT2D eigenvalue weighted by atomic mass is 10.2. The van der Waals surface area contributed by atoms with Crippen molar-refractivity contribution < 1.29 is 9.84 Å². The number of imidazole rings is 1. The maximum absolute atomic E-state index is 9.13. The number of rotatable bonds is 5. The van der Waals surface area contributed by atoms with E-state index in [1.165, 1.54) is 0 Å². The molecule has 0 aliphatic heterocycles. The Kier molecular flexibility index (Phi) is 4.12. The van der Waals surface area contributed by atoms with Gasteiger partial charge in [-0.15, -0.1) is 0 Å². The summed E-state index contributed by atoms with van der Waals surface area (Å²) in [6.07, 6.45) is 0.592. The summed E-state index contributed by atoms with van der Waals surface area (Å²) in [5, 5.41) is 9.13. The molecule has 0 saturated heterocycles. The van der Waals surface area contributed by atoms with Crippen LogP contribution in [0.1, 0.15) is 11.4 Å². The van der Waals surface area contributed by atoms with Crippen LogP contribution < -0.4 is 0 Å². The van der Waals surface area contributed by atoms with Crippen molar-refractivity contribution in [1.29, 1.82) is 0 Å². The summed E-state index contributed by atoms with van der Waals surface area (Å²) in [7, 11) is 1.66. The third-order valence-electron chi connectivity index (χ3n) is 2.91. The van der Waals surface area contributed by atoms with Crippen molar-refractivity contribution in [2.45, 2.75) is 20.1 Å². The monoisotopic (exact) mass is 246 g/mol. The van der Waals surface area contributed by atoms with Crippen LogP contribution in [0.15, 0.2) is 30.3 Å². The number of aryl methyl sites for hydroxylation is 1. The van der Waals surface area contributed by atoms with Gasteiger partial charge in [-0.3, -0.25) is 0 Å². The van der Waals surface area contributed by atoms with Gasteiger partial charge in [-0.25, -0.2) is 4.98 Å². The molecule has 4 heteroatoms. The highest BCUT2D eigenvalue weighted by molar-refractivity contribution is 5.56. The molecule has 1 aromatic heterocycles. The van der Waals surface area contributed by atoms with E-state index in [0.29, 0.717) is 13.2 Å².